The van der Waals surface area contributed by atoms with E-state index in [0.29, 0.717) is 17.5 Å². The minimum absolute atomic E-state index is 0.0811. The fourth-order valence-electron chi connectivity index (χ4n) is 5.98. The van der Waals surface area contributed by atoms with Gasteiger partial charge in [-0.15, -0.1) is 0 Å². The molecule has 3 aromatic carbocycles. The predicted octanol–water partition coefficient (Wildman–Crippen LogP) is 6.25. The van der Waals surface area contributed by atoms with E-state index in [4.69, 9.17) is 4.42 Å². The third kappa shape index (κ3) is 5.41. The van der Waals surface area contributed by atoms with Gasteiger partial charge in [-0.05, 0) is 57.4 Å². The van der Waals surface area contributed by atoms with Crippen LogP contribution in [0.2, 0.25) is 0 Å². The maximum atomic E-state index is 14.3. The number of fused-ring (bicyclic) bond motifs is 1. The molecular weight excluding hydrogens is 552 g/mol. The number of phenolic OH excluding ortho intramolecular Hbond substituents is 6. The van der Waals surface area contributed by atoms with Crippen LogP contribution in [0.15, 0.2) is 81.2 Å². The molecule has 1 heterocycles. The molecule has 4 aromatic rings. The van der Waals surface area contributed by atoms with E-state index in [-0.39, 0.29) is 45.8 Å². The average Bonchev–Trinajstić information content (AvgIpc) is 2.91. The van der Waals surface area contributed by atoms with Crippen molar-refractivity contribution in [2.45, 2.75) is 45.4 Å². The number of hydrogen-bond donors (Lipinski definition) is 6. The van der Waals surface area contributed by atoms with Crippen LogP contribution >= 0.6 is 0 Å². The van der Waals surface area contributed by atoms with Crippen LogP contribution < -0.4 is 5.43 Å². The number of ketones is 1. The maximum absolute atomic E-state index is 14.3. The molecule has 3 unspecified atom stereocenters. The molecule has 6 N–H and O–H groups in total. The smallest absolute Gasteiger partial charge is 0.199 e. The van der Waals surface area contributed by atoms with Gasteiger partial charge in [0.25, 0.3) is 0 Å². The molecule has 0 radical (unpaired) electrons. The molecule has 222 valence electrons. The van der Waals surface area contributed by atoms with E-state index in [1.807, 2.05) is 26.8 Å². The van der Waals surface area contributed by atoms with Crippen molar-refractivity contribution in [3.63, 3.8) is 0 Å². The van der Waals surface area contributed by atoms with Crippen molar-refractivity contribution >= 4 is 16.8 Å². The van der Waals surface area contributed by atoms with Gasteiger partial charge in [-0.2, -0.15) is 0 Å². The van der Waals surface area contributed by atoms with Crippen LogP contribution in [0.25, 0.3) is 11.0 Å². The molecule has 0 spiro atoms. The number of carbonyl (C=O) groups is 1. The summed E-state index contributed by atoms with van der Waals surface area (Å²) in [6.07, 6.45) is 5.45. The van der Waals surface area contributed by atoms with Gasteiger partial charge in [0.2, 0.25) is 0 Å². The molecule has 1 aromatic heterocycles. The van der Waals surface area contributed by atoms with E-state index < -0.39 is 46.2 Å². The molecule has 1 aliphatic rings. The fraction of sp³-hybridized carbons (Fsp3) is 0.235. The summed E-state index contributed by atoms with van der Waals surface area (Å²) < 4.78 is 5.94. The Hall–Kier alpha value is -5.18. The molecule has 5 rings (SSSR count). The number of phenols is 6. The zero-order valence-corrected chi connectivity index (χ0v) is 23.8. The predicted molar refractivity (Wildman–Crippen MR) is 160 cm³/mol. The molecule has 9 heteroatoms. The Morgan fingerprint density at radius 2 is 1.58 bits per heavy atom. The summed E-state index contributed by atoms with van der Waals surface area (Å²) in [5.74, 6) is -5.34. The normalized spacial score (nSPS) is 18.3. The van der Waals surface area contributed by atoms with Crippen molar-refractivity contribution in [3.8, 4) is 34.5 Å². The van der Waals surface area contributed by atoms with E-state index >= 15 is 0 Å². The van der Waals surface area contributed by atoms with Crippen LogP contribution in [0.5, 0.6) is 34.5 Å². The molecule has 3 atom stereocenters. The Morgan fingerprint density at radius 3 is 2.23 bits per heavy atom. The number of allylic oxidation sites excluding steroid dienone is 4. The van der Waals surface area contributed by atoms with Crippen LogP contribution in [0.1, 0.15) is 66.1 Å². The highest BCUT2D eigenvalue weighted by Gasteiger charge is 2.43. The summed E-state index contributed by atoms with van der Waals surface area (Å²) >= 11 is 0. The lowest BCUT2D eigenvalue weighted by Gasteiger charge is -2.37. The lowest BCUT2D eigenvalue weighted by atomic mass is 9.65. The van der Waals surface area contributed by atoms with E-state index in [1.54, 1.807) is 6.08 Å². The third-order valence-corrected chi connectivity index (χ3v) is 7.97. The highest BCUT2D eigenvalue weighted by atomic mass is 16.3. The molecule has 0 saturated carbocycles. The Kier molecular flexibility index (Phi) is 7.67. The average molecular weight is 585 g/mol. The van der Waals surface area contributed by atoms with Crippen LogP contribution in [0.4, 0.5) is 0 Å². The molecule has 0 amide bonds. The van der Waals surface area contributed by atoms with Crippen LogP contribution in [-0.2, 0) is 6.42 Å². The van der Waals surface area contributed by atoms with Crippen molar-refractivity contribution in [2.24, 2.45) is 5.92 Å². The summed E-state index contributed by atoms with van der Waals surface area (Å²) in [6, 6.07) is 8.69. The van der Waals surface area contributed by atoms with Crippen molar-refractivity contribution in [3.05, 3.63) is 105 Å². The zero-order valence-electron chi connectivity index (χ0n) is 23.8. The van der Waals surface area contributed by atoms with E-state index in [1.165, 1.54) is 30.5 Å². The Morgan fingerprint density at radius 1 is 0.907 bits per heavy atom. The van der Waals surface area contributed by atoms with Gasteiger partial charge in [-0.1, -0.05) is 29.4 Å². The lowest BCUT2D eigenvalue weighted by Crippen LogP contribution is -2.32. The van der Waals surface area contributed by atoms with Crippen molar-refractivity contribution in [1.29, 1.82) is 0 Å². The maximum Gasteiger partial charge on any atom is 0.199 e. The highest BCUT2D eigenvalue weighted by Crippen LogP contribution is 2.52. The molecule has 0 fully saturated rings. The number of aromatic hydroxyl groups is 6. The minimum atomic E-state index is -1.08. The molecule has 0 saturated heterocycles. The SMILES string of the molecule is CC(C)=CCc1coc2c(C3C=C(C)CC(c4ccc(O)cc4O)C3C(=O)c3ccc(O)cc3O)c(O)cc(O)c2c1=O. The summed E-state index contributed by atoms with van der Waals surface area (Å²) in [5.41, 5.74) is 1.82. The van der Waals surface area contributed by atoms with Gasteiger partial charge in [0.1, 0.15) is 45.5 Å². The molecular formula is C34H32O9. The third-order valence-electron chi connectivity index (χ3n) is 7.97. The van der Waals surface area contributed by atoms with Gasteiger partial charge in [0, 0.05) is 47.1 Å². The number of benzene rings is 3. The summed E-state index contributed by atoms with van der Waals surface area (Å²) in [4.78, 5) is 27.9. The quantitative estimate of drug-likeness (QED) is 0.113. The monoisotopic (exact) mass is 584 g/mol. The van der Waals surface area contributed by atoms with Crippen LogP contribution in [-0.4, -0.2) is 36.4 Å². The first kappa shape index (κ1) is 29.3. The summed E-state index contributed by atoms with van der Waals surface area (Å²) in [7, 11) is 0. The second-order valence-corrected chi connectivity index (χ2v) is 11.3. The number of Topliss-reactive ketones (excluding diaryl/α,β-unsaturated/α-hetero) is 1. The van der Waals surface area contributed by atoms with Gasteiger partial charge in [-0.25, -0.2) is 0 Å². The zero-order chi connectivity index (χ0) is 31.2. The van der Waals surface area contributed by atoms with Gasteiger partial charge < -0.3 is 35.1 Å². The van der Waals surface area contributed by atoms with Crippen molar-refractivity contribution in [1.82, 2.24) is 0 Å². The van der Waals surface area contributed by atoms with Crippen LogP contribution in [0, 0.1) is 5.92 Å². The van der Waals surface area contributed by atoms with E-state index in [0.717, 1.165) is 29.3 Å². The second kappa shape index (κ2) is 11.2. The van der Waals surface area contributed by atoms with Crippen molar-refractivity contribution in [2.75, 3.05) is 0 Å². The fourth-order valence-corrected chi connectivity index (χ4v) is 5.98. The minimum Gasteiger partial charge on any atom is -0.508 e. The van der Waals surface area contributed by atoms with Crippen LogP contribution in [0.3, 0.4) is 0 Å². The van der Waals surface area contributed by atoms with Gasteiger partial charge in [0.15, 0.2) is 11.2 Å². The Labute approximate surface area is 246 Å². The number of hydrogen-bond acceptors (Lipinski definition) is 9. The molecule has 0 bridgehead atoms. The molecule has 0 aliphatic heterocycles. The first-order chi connectivity index (χ1) is 20.4. The highest BCUT2D eigenvalue weighted by molar-refractivity contribution is 6.02. The molecule has 43 heavy (non-hydrogen) atoms. The largest absolute Gasteiger partial charge is 0.508 e. The number of carbonyl (C=O) groups excluding carboxylic acids is 1. The summed E-state index contributed by atoms with van der Waals surface area (Å²) in [5, 5.41) is 63.1. The lowest BCUT2D eigenvalue weighted by molar-refractivity contribution is 0.0877. The second-order valence-electron chi connectivity index (χ2n) is 11.3. The number of rotatable bonds is 6. The first-order valence-corrected chi connectivity index (χ1v) is 13.7. The molecule has 9 nitrogen and oxygen atoms in total. The van der Waals surface area contributed by atoms with Crippen molar-refractivity contribution < 1.29 is 39.9 Å². The first-order valence-electron chi connectivity index (χ1n) is 13.7. The van der Waals surface area contributed by atoms with Gasteiger partial charge in [0.05, 0.1) is 11.8 Å². The van der Waals surface area contributed by atoms with Gasteiger partial charge in [-0.3, -0.25) is 9.59 Å². The Bertz CT molecular complexity index is 1880. The van der Waals surface area contributed by atoms with Gasteiger partial charge >= 0.3 is 0 Å². The Balaban J connectivity index is 1.79. The van der Waals surface area contributed by atoms with E-state index in [9.17, 15) is 40.2 Å². The summed E-state index contributed by atoms with van der Waals surface area (Å²) in [6.45, 7) is 5.60. The topological polar surface area (TPSA) is 169 Å². The van der Waals surface area contributed by atoms with E-state index in [2.05, 4.69) is 0 Å². The molecule has 1 aliphatic carbocycles. The standard InChI is InChI=1S/C34H32O9/c1-16(2)4-5-18-15-43-34-30(27(39)14-28(40)31(34)32(18)41)24-11-17(3)10-23(21-8-6-19(35)12-25(21)37)29(24)33(42)22-9-7-20(36)13-26(22)38/h4,6-9,11-15,23-24,29,35-40H,5,10H2,1-3H3.